The second-order valence-electron chi connectivity index (χ2n) is 3.78. The number of hydrogen-bond acceptors (Lipinski definition) is 3. The third-order valence-electron chi connectivity index (χ3n) is 2.36. The summed E-state index contributed by atoms with van der Waals surface area (Å²) in [6.45, 7) is 1.58. The molecule has 1 aliphatic rings. The highest BCUT2D eigenvalue weighted by molar-refractivity contribution is 5.82. The third-order valence-corrected chi connectivity index (χ3v) is 2.36. The third kappa shape index (κ3) is 1.93. The summed E-state index contributed by atoms with van der Waals surface area (Å²) in [6, 6.07) is 7.74. The smallest absolute Gasteiger partial charge is 0.137 e. The maximum absolute atomic E-state index is 9.86. The van der Waals surface area contributed by atoms with Crippen LogP contribution in [0.1, 0.15) is 12.5 Å². The Morgan fingerprint density at radius 2 is 2.07 bits per heavy atom. The van der Waals surface area contributed by atoms with Crippen molar-refractivity contribution in [1.29, 1.82) is 0 Å². The van der Waals surface area contributed by atoms with E-state index in [4.69, 9.17) is 5.73 Å². The van der Waals surface area contributed by atoms with E-state index in [1.54, 1.807) is 6.92 Å². The fraction of sp³-hybridized carbons (Fsp3) is 0.167. The van der Waals surface area contributed by atoms with E-state index < -0.39 is 5.72 Å². The van der Waals surface area contributed by atoms with Crippen molar-refractivity contribution < 1.29 is 5.11 Å². The van der Waals surface area contributed by atoms with Crippen molar-refractivity contribution in [3.8, 4) is 0 Å². The van der Waals surface area contributed by atoms with E-state index in [0.717, 1.165) is 11.3 Å². The van der Waals surface area contributed by atoms with Crippen LogP contribution in [0.15, 0.2) is 42.6 Å². The van der Waals surface area contributed by atoms with E-state index >= 15 is 0 Å². The van der Waals surface area contributed by atoms with Crippen LogP contribution in [0.4, 0.5) is 5.69 Å². The Morgan fingerprint density at radius 1 is 1.33 bits per heavy atom. The lowest BCUT2D eigenvalue weighted by atomic mass is 9.95. The van der Waals surface area contributed by atoms with Gasteiger partial charge in [0.2, 0.25) is 0 Å². The molecule has 0 fully saturated rings. The molecule has 1 aliphatic heterocycles. The monoisotopic (exact) mass is 202 g/mol. The number of rotatable bonds is 1. The van der Waals surface area contributed by atoms with E-state index in [1.807, 2.05) is 42.6 Å². The van der Waals surface area contributed by atoms with Crippen molar-refractivity contribution in [3.63, 3.8) is 0 Å². The van der Waals surface area contributed by atoms with Gasteiger partial charge in [-0.15, -0.1) is 0 Å². The average molecular weight is 202 g/mol. The molecule has 0 spiro atoms. The highest BCUT2D eigenvalue weighted by Crippen LogP contribution is 2.31. The van der Waals surface area contributed by atoms with Gasteiger partial charge in [-0.2, -0.15) is 0 Å². The number of allylic oxidation sites excluding steroid dienone is 2. The molecule has 1 unspecified atom stereocenters. The summed E-state index contributed by atoms with van der Waals surface area (Å²) >= 11 is 0. The molecule has 0 radical (unpaired) electrons. The normalized spacial score (nSPS) is 18.2. The summed E-state index contributed by atoms with van der Waals surface area (Å²) in [6.07, 6.45) is 5.47. The minimum absolute atomic E-state index is 0.708. The van der Waals surface area contributed by atoms with Gasteiger partial charge in [-0.3, -0.25) is 0 Å². The molecule has 0 saturated heterocycles. The molecule has 0 aliphatic carbocycles. The Hall–Kier alpha value is -1.58. The number of hydrogen-bond donors (Lipinski definition) is 3. The Labute approximate surface area is 88.9 Å². The van der Waals surface area contributed by atoms with Gasteiger partial charge in [0.05, 0.1) is 0 Å². The molecule has 3 nitrogen and oxygen atoms in total. The van der Waals surface area contributed by atoms with Crippen molar-refractivity contribution in [1.82, 2.24) is 0 Å². The van der Waals surface area contributed by atoms with Crippen LogP contribution in [0, 0.1) is 0 Å². The van der Waals surface area contributed by atoms with E-state index in [2.05, 4.69) is 5.32 Å². The quantitative estimate of drug-likeness (QED) is 0.607. The lowest BCUT2D eigenvalue weighted by Crippen LogP contribution is -2.36. The fourth-order valence-corrected chi connectivity index (χ4v) is 1.66. The van der Waals surface area contributed by atoms with Crippen molar-refractivity contribution in [2.45, 2.75) is 12.6 Å². The number of aliphatic hydroxyl groups is 1. The van der Waals surface area contributed by atoms with Gasteiger partial charge >= 0.3 is 0 Å². The molecule has 4 N–H and O–H groups in total. The zero-order valence-electron chi connectivity index (χ0n) is 8.57. The highest BCUT2D eigenvalue weighted by atomic mass is 16.3. The predicted molar refractivity (Wildman–Crippen MR) is 62.0 cm³/mol. The van der Waals surface area contributed by atoms with E-state index in [0.29, 0.717) is 5.57 Å². The van der Waals surface area contributed by atoms with Crippen LogP contribution in [0.5, 0.6) is 0 Å². The number of nitrogens with two attached hydrogens (primary N) is 1. The van der Waals surface area contributed by atoms with Crippen LogP contribution in [-0.4, -0.2) is 10.8 Å². The second-order valence-corrected chi connectivity index (χ2v) is 3.78. The molecular weight excluding hydrogens is 188 g/mol. The largest absolute Gasteiger partial charge is 0.372 e. The lowest BCUT2D eigenvalue weighted by molar-refractivity contribution is 0.130. The summed E-state index contributed by atoms with van der Waals surface area (Å²) in [7, 11) is 0. The van der Waals surface area contributed by atoms with Gasteiger partial charge in [0, 0.05) is 23.0 Å². The van der Waals surface area contributed by atoms with E-state index in [-0.39, 0.29) is 0 Å². The van der Waals surface area contributed by atoms with Gasteiger partial charge in [-0.25, -0.2) is 0 Å². The number of anilines is 1. The fourth-order valence-electron chi connectivity index (χ4n) is 1.66. The first-order chi connectivity index (χ1) is 7.09. The molecule has 1 heterocycles. The first kappa shape index (κ1) is 9.96. The zero-order valence-corrected chi connectivity index (χ0v) is 8.57. The average Bonchev–Trinajstić information content (AvgIpc) is 2.38. The first-order valence-electron chi connectivity index (χ1n) is 4.83. The number of para-hydroxylation sites is 1. The number of nitrogens with one attached hydrogen (secondary N) is 1. The predicted octanol–water partition coefficient (Wildman–Crippen LogP) is 1.68. The summed E-state index contributed by atoms with van der Waals surface area (Å²) in [5, 5.41) is 13.0. The van der Waals surface area contributed by atoms with Crippen LogP contribution in [0.2, 0.25) is 0 Å². The molecule has 15 heavy (non-hydrogen) atoms. The molecular formula is C12H14N2O. The zero-order chi connectivity index (χ0) is 10.9. The van der Waals surface area contributed by atoms with Crippen molar-refractivity contribution >= 4 is 11.3 Å². The molecule has 0 saturated carbocycles. The van der Waals surface area contributed by atoms with Crippen LogP contribution < -0.4 is 11.1 Å². The number of benzene rings is 1. The van der Waals surface area contributed by atoms with Crippen molar-refractivity contribution in [2.75, 3.05) is 5.32 Å². The summed E-state index contributed by atoms with van der Waals surface area (Å²) in [5.41, 5.74) is 6.97. The van der Waals surface area contributed by atoms with Gasteiger partial charge in [0.25, 0.3) is 0 Å². The Balaban J connectivity index is 2.58. The van der Waals surface area contributed by atoms with Crippen LogP contribution in [0.3, 0.4) is 0 Å². The Kier molecular flexibility index (Phi) is 2.34. The lowest BCUT2D eigenvalue weighted by Gasteiger charge is -2.22. The van der Waals surface area contributed by atoms with Gasteiger partial charge in [0.1, 0.15) is 5.72 Å². The van der Waals surface area contributed by atoms with Gasteiger partial charge in [-0.05, 0) is 19.1 Å². The maximum atomic E-state index is 9.86. The van der Waals surface area contributed by atoms with Gasteiger partial charge in [0.15, 0.2) is 0 Å². The molecule has 3 heteroatoms. The molecule has 0 aromatic heterocycles. The topological polar surface area (TPSA) is 58.3 Å². The minimum atomic E-state index is -1.33. The minimum Gasteiger partial charge on any atom is -0.372 e. The van der Waals surface area contributed by atoms with Crippen molar-refractivity contribution in [3.05, 3.63) is 48.2 Å². The molecule has 78 valence electrons. The molecule has 0 amide bonds. The van der Waals surface area contributed by atoms with Gasteiger partial charge < -0.3 is 16.2 Å². The standard InChI is InChI=1S/C12H14N2O/c1-12(13,15)10-6-4-8-14-11-7-3-2-5-9(10)11/h2-8,14-15H,13H2,1H3. The van der Waals surface area contributed by atoms with Crippen LogP contribution >= 0.6 is 0 Å². The summed E-state index contributed by atoms with van der Waals surface area (Å²) in [4.78, 5) is 0. The van der Waals surface area contributed by atoms with E-state index in [1.165, 1.54) is 0 Å². The van der Waals surface area contributed by atoms with Crippen LogP contribution in [-0.2, 0) is 0 Å². The second kappa shape index (κ2) is 3.53. The maximum Gasteiger partial charge on any atom is 0.137 e. The number of fused-ring (bicyclic) bond motifs is 1. The SMILES string of the molecule is CC(N)(O)C1=CC=CNc2ccccc21. The molecule has 1 atom stereocenters. The molecule has 1 aromatic carbocycles. The van der Waals surface area contributed by atoms with Gasteiger partial charge in [-0.1, -0.05) is 24.3 Å². The molecule has 2 rings (SSSR count). The Morgan fingerprint density at radius 3 is 2.80 bits per heavy atom. The molecule has 0 bridgehead atoms. The summed E-state index contributed by atoms with van der Waals surface area (Å²) < 4.78 is 0. The Bertz CT molecular complexity index is 427. The first-order valence-corrected chi connectivity index (χ1v) is 4.83. The highest BCUT2D eigenvalue weighted by Gasteiger charge is 2.23. The van der Waals surface area contributed by atoms with E-state index in [9.17, 15) is 5.11 Å². The summed E-state index contributed by atoms with van der Waals surface area (Å²) in [5.74, 6) is 0. The van der Waals surface area contributed by atoms with Crippen LogP contribution in [0.25, 0.3) is 5.57 Å². The molecule has 1 aromatic rings. The van der Waals surface area contributed by atoms with Crippen molar-refractivity contribution in [2.24, 2.45) is 5.73 Å².